The van der Waals surface area contributed by atoms with Gasteiger partial charge in [0.2, 0.25) is 0 Å². The number of nitrogens with two attached hydrogens (primary N) is 1. The molecule has 1 aliphatic carbocycles. The lowest BCUT2D eigenvalue weighted by Gasteiger charge is -2.21. The minimum atomic E-state index is -0.923. The van der Waals surface area contributed by atoms with Crippen LogP contribution < -0.4 is 5.73 Å². The Morgan fingerprint density at radius 2 is 2.23 bits per heavy atom. The Bertz CT molecular complexity index is 338. The van der Waals surface area contributed by atoms with E-state index in [4.69, 9.17) is 5.73 Å². The second-order valence-electron chi connectivity index (χ2n) is 3.54. The van der Waals surface area contributed by atoms with Crippen LogP contribution in [0.4, 0.5) is 0 Å². The van der Waals surface area contributed by atoms with Gasteiger partial charge in [-0.2, -0.15) is 0 Å². The van der Waals surface area contributed by atoms with E-state index in [1.165, 1.54) is 0 Å². The number of rotatable bonds is 1. The van der Waals surface area contributed by atoms with Gasteiger partial charge in [0, 0.05) is 12.1 Å². The Morgan fingerprint density at radius 1 is 1.46 bits per heavy atom. The van der Waals surface area contributed by atoms with E-state index in [9.17, 15) is 10.2 Å². The number of phenolic OH excluding ortho intramolecular Hbond substituents is 1. The fourth-order valence-electron chi connectivity index (χ4n) is 1.95. The molecule has 1 aromatic carbocycles. The number of aromatic hydroxyl groups is 1. The molecule has 1 aliphatic rings. The SMILES string of the molecule is NCC1(O)CCc2c(O)cccc21. The Kier molecular flexibility index (Phi) is 1.78. The van der Waals surface area contributed by atoms with Crippen LogP contribution in [0.25, 0.3) is 0 Å². The highest BCUT2D eigenvalue weighted by Crippen LogP contribution is 2.39. The van der Waals surface area contributed by atoms with Gasteiger partial charge in [0.1, 0.15) is 11.4 Å². The molecule has 0 amide bonds. The van der Waals surface area contributed by atoms with Crippen molar-refractivity contribution in [1.82, 2.24) is 0 Å². The van der Waals surface area contributed by atoms with Crippen molar-refractivity contribution in [3.05, 3.63) is 29.3 Å². The maximum absolute atomic E-state index is 10.0. The number of fused-ring (bicyclic) bond motifs is 1. The van der Waals surface area contributed by atoms with Gasteiger partial charge in [-0.15, -0.1) is 0 Å². The topological polar surface area (TPSA) is 66.5 Å². The van der Waals surface area contributed by atoms with E-state index >= 15 is 0 Å². The van der Waals surface area contributed by atoms with Gasteiger partial charge in [-0.3, -0.25) is 0 Å². The molecule has 3 nitrogen and oxygen atoms in total. The smallest absolute Gasteiger partial charge is 0.119 e. The molecule has 2 rings (SSSR count). The van der Waals surface area contributed by atoms with Crippen LogP contribution in [0.15, 0.2) is 18.2 Å². The number of benzene rings is 1. The molecule has 0 radical (unpaired) electrons. The third-order valence-electron chi connectivity index (χ3n) is 2.78. The van der Waals surface area contributed by atoms with Crippen molar-refractivity contribution < 1.29 is 10.2 Å². The largest absolute Gasteiger partial charge is 0.508 e. The van der Waals surface area contributed by atoms with Gasteiger partial charge in [-0.25, -0.2) is 0 Å². The van der Waals surface area contributed by atoms with Crippen molar-refractivity contribution in [3.63, 3.8) is 0 Å². The van der Waals surface area contributed by atoms with Crippen LogP contribution in [0.2, 0.25) is 0 Å². The molecule has 0 aliphatic heterocycles. The minimum Gasteiger partial charge on any atom is -0.508 e. The lowest BCUT2D eigenvalue weighted by Crippen LogP contribution is -2.32. The minimum absolute atomic E-state index is 0.212. The number of phenols is 1. The predicted molar refractivity (Wildman–Crippen MR) is 49.4 cm³/mol. The molecule has 0 saturated carbocycles. The van der Waals surface area contributed by atoms with Crippen molar-refractivity contribution in [2.45, 2.75) is 18.4 Å². The van der Waals surface area contributed by atoms with E-state index in [0.717, 1.165) is 11.1 Å². The van der Waals surface area contributed by atoms with Gasteiger partial charge in [-0.1, -0.05) is 12.1 Å². The van der Waals surface area contributed by atoms with Gasteiger partial charge < -0.3 is 15.9 Å². The summed E-state index contributed by atoms with van der Waals surface area (Å²) in [6.07, 6.45) is 1.31. The first-order valence-corrected chi connectivity index (χ1v) is 4.41. The van der Waals surface area contributed by atoms with Crippen LogP contribution in [0.3, 0.4) is 0 Å². The molecule has 0 fully saturated rings. The molecular weight excluding hydrogens is 166 g/mol. The van der Waals surface area contributed by atoms with E-state index < -0.39 is 5.60 Å². The molecule has 4 N–H and O–H groups in total. The summed E-state index contributed by atoms with van der Waals surface area (Å²) in [5.74, 6) is 0.266. The van der Waals surface area contributed by atoms with Gasteiger partial charge in [-0.05, 0) is 24.5 Å². The van der Waals surface area contributed by atoms with E-state index in [-0.39, 0.29) is 12.3 Å². The summed E-state index contributed by atoms with van der Waals surface area (Å²) >= 11 is 0. The fraction of sp³-hybridized carbons (Fsp3) is 0.400. The molecule has 0 bridgehead atoms. The summed E-state index contributed by atoms with van der Waals surface area (Å²) in [4.78, 5) is 0. The zero-order chi connectivity index (χ0) is 9.47. The Labute approximate surface area is 76.8 Å². The zero-order valence-corrected chi connectivity index (χ0v) is 7.33. The van der Waals surface area contributed by atoms with Crippen LogP contribution >= 0.6 is 0 Å². The van der Waals surface area contributed by atoms with Gasteiger partial charge in [0.25, 0.3) is 0 Å². The molecule has 0 spiro atoms. The number of hydrogen-bond donors (Lipinski definition) is 3. The highest BCUT2D eigenvalue weighted by molar-refractivity contribution is 5.46. The zero-order valence-electron chi connectivity index (χ0n) is 7.33. The number of hydrogen-bond acceptors (Lipinski definition) is 3. The first kappa shape index (κ1) is 8.53. The lowest BCUT2D eigenvalue weighted by molar-refractivity contribution is 0.0481. The summed E-state index contributed by atoms with van der Waals surface area (Å²) in [6.45, 7) is 0.212. The van der Waals surface area contributed by atoms with E-state index in [1.54, 1.807) is 12.1 Å². The standard InChI is InChI=1S/C10H13NO2/c11-6-10(13)5-4-7-8(10)2-1-3-9(7)12/h1-3,12-13H,4-6,11H2. The van der Waals surface area contributed by atoms with Gasteiger partial charge in [0.05, 0.1) is 0 Å². The number of aliphatic hydroxyl groups is 1. The third-order valence-corrected chi connectivity index (χ3v) is 2.78. The molecule has 0 aromatic heterocycles. The van der Waals surface area contributed by atoms with Gasteiger partial charge >= 0.3 is 0 Å². The van der Waals surface area contributed by atoms with Crippen LogP contribution in [0, 0.1) is 0 Å². The molecule has 0 saturated heterocycles. The normalized spacial score (nSPS) is 26.0. The lowest BCUT2D eigenvalue weighted by atomic mass is 9.96. The molecule has 70 valence electrons. The quantitative estimate of drug-likeness (QED) is 0.587. The van der Waals surface area contributed by atoms with Crippen molar-refractivity contribution >= 4 is 0 Å². The van der Waals surface area contributed by atoms with E-state index in [2.05, 4.69) is 0 Å². The molecule has 13 heavy (non-hydrogen) atoms. The van der Waals surface area contributed by atoms with Crippen molar-refractivity contribution in [3.8, 4) is 5.75 Å². The van der Waals surface area contributed by atoms with Crippen LogP contribution in [-0.4, -0.2) is 16.8 Å². The second-order valence-corrected chi connectivity index (χ2v) is 3.54. The van der Waals surface area contributed by atoms with E-state index in [0.29, 0.717) is 12.8 Å². The average molecular weight is 179 g/mol. The van der Waals surface area contributed by atoms with E-state index in [1.807, 2.05) is 6.07 Å². The molecule has 3 heteroatoms. The molecule has 1 aromatic rings. The summed E-state index contributed by atoms with van der Waals surface area (Å²) < 4.78 is 0. The Morgan fingerprint density at radius 3 is 2.92 bits per heavy atom. The summed E-state index contributed by atoms with van der Waals surface area (Å²) in [5, 5.41) is 19.5. The summed E-state index contributed by atoms with van der Waals surface area (Å²) in [6, 6.07) is 5.20. The predicted octanol–water partition coefficient (Wildman–Crippen LogP) is 0.485. The summed E-state index contributed by atoms with van der Waals surface area (Å²) in [5.41, 5.74) is 6.21. The van der Waals surface area contributed by atoms with Crippen molar-refractivity contribution in [1.29, 1.82) is 0 Å². The maximum Gasteiger partial charge on any atom is 0.119 e. The second kappa shape index (κ2) is 2.72. The first-order valence-electron chi connectivity index (χ1n) is 4.41. The first-order chi connectivity index (χ1) is 6.17. The summed E-state index contributed by atoms with van der Waals surface area (Å²) in [7, 11) is 0. The van der Waals surface area contributed by atoms with Gasteiger partial charge in [0.15, 0.2) is 0 Å². The van der Waals surface area contributed by atoms with Crippen LogP contribution in [0.1, 0.15) is 17.5 Å². The monoisotopic (exact) mass is 179 g/mol. The Hall–Kier alpha value is -1.06. The molecule has 1 unspecified atom stereocenters. The fourth-order valence-corrected chi connectivity index (χ4v) is 1.95. The molecule has 0 heterocycles. The molecular formula is C10H13NO2. The highest BCUT2D eigenvalue weighted by atomic mass is 16.3. The van der Waals surface area contributed by atoms with Crippen LogP contribution in [0.5, 0.6) is 5.75 Å². The van der Waals surface area contributed by atoms with Crippen molar-refractivity contribution in [2.24, 2.45) is 5.73 Å². The Balaban J connectivity index is 2.55. The highest BCUT2D eigenvalue weighted by Gasteiger charge is 2.36. The van der Waals surface area contributed by atoms with Crippen LogP contribution in [-0.2, 0) is 12.0 Å². The molecule has 1 atom stereocenters. The maximum atomic E-state index is 10.0. The van der Waals surface area contributed by atoms with Crippen molar-refractivity contribution in [2.75, 3.05) is 6.54 Å². The average Bonchev–Trinajstić information content (AvgIpc) is 2.47. The third kappa shape index (κ3) is 1.12.